The van der Waals surface area contributed by atoms with E-state index in [1.165, 1.54) is 5.69 Å². The molecule has 0 aliphatic carbocycles. The standard InChI is InChI=1S/C21H26ClN3O2/c1-2-27-20-8-6-19(7-9-20)24-12-14-25(15-13-24)21(26)23-11-10-17-4-3-5-18(22)16-17/h3-9,16H,2,10-15H2,1H3,(H,23,26). The predicted molar refractivity (Wildman–Crippen MR) is 110 cm³/mol. The van der Waals surface area contributed by atoms with Crippen molar-refractivity contribution in [3.05, 3.63) is 59.1 Å². The molecule has 2 aromatic rings. The molecule has 0 radical (unpaired) electrons. The summed E-state index contributed by atoms with van der Waals surface area (Å²) in [5, 5.41) is 3.73. The van der Waals surface area contributed by atoms with Crippen LogP contribution in [0.25, 0.3) is 0 Å². The molecule has 6 heteroatoms. The van der Waals surface area contributed by atoms with E-state index in [0.29, 0.717) is 13.2 Å². The van der Waals surface area contributed by atoms with Crippen LogP contribution in [0.5, 0.6) is 5.75 Å². The van der Waals surface area contributed by atoms with Gasteiger partial charge in [-0.1, -0.05) is 23.7 Å². The fourth-order valence-corrected chi connectivity index (χ4v) is 3.42. The van der Waals surface area contributed by atoms with Gasteiger partial charge in [0.05, 0.1) is 6.61 Å². The van der Waals surface area contributed by atoms with Crippen LogP contribution in [-0.2, 0) is 6.42 Å². The van der Waals surface area contributed by atoms with Gasteiger partial charge in [0.1, 0.15) is 5.75 Å². The fourth-order valence-electron chi connectivity index (χ4n) is 3.21. The van der Waals surface area contributed by atoms with E-state index in [1.54, 1.807) is 0 Å². The highest BCUT2D eigenvalue weighted by Gasteiger charge is 2.21. The first-order chi connectivity index (χ1) is 13.2. The number of hydrogen-bond acceptors (Lipinski definition) is 3. The molecule has 1 fully saturated rings. The van der Waals surface area contributed by atoms with Gasteiger partial charge in [-0.2, -0.15) is 0 Å². The van der Waals surface area contributed by atoms with E-state index in [4.69, 9.17) is 16.3 Å². The Labute approximate surface area is 165 Å². The van der Waals surface area contributed by atoms with Crippen molar-refractivity contribution in [2.24, 2.45) is 0 Å². The Bertz CT molecular complexity index is 743. The Morgan fingerprint density at radius 3 is 2.52 bits per heavy atom. The lowest BCUT2D eigenvalue weighted by Gasteiger charge is -2.36. The summed E-state index contributed by atoms with van der Waals surface area (Å²) in [6, 6.07) is 15.9. The molecule has 1 heterocycles. The van der Waals surface area contributed by atoms with Crippen molar-refractivity contribution in [3.63, 3.8) is 0 Å². The maximum Gasteiger partial charge on any atom is 0.317 e. The zero-order valence-corrected chi connectivity index (χ0v) is 16.4. The molecule has 5 nitrogen and oxygen atoms in total. The Hall–Kier alpha value is -2.40. The molecule has 0 atom stereocenters. The Kier molecular flexibility index (Phi) is 6.82. The van der Waals surface area contributed by atoms with Gasteiger partial charge in [0, 0.05) is 43.4 Å². The van der Waals surface area contributed by atoms with Crippen LogP contribution in [0.4, 0.5) is 10.5 Å². The van der Waals surface area contributed by atoms with E-state index in [-0.39, 0.29) is 6.03 Å². The summed E-state index contributed by atoms with van der Waals surface area (Å²) >= 11 is 5.99. The third-order valence-electron chi connectivity index (χ3n) is 4.66. The Balaban J connectivity index is 1.42. The number of piperazine rings is 1. The van der Waals surface area contributed by atoms with Crippen molar-refractivity contribution in [1.29, 1.82) is 0 Å². The molecule has 1 aliphatic heterocycles. The van der Waals surface area contributed by atoms with Crippen LogP contribution in [0.15, 0.2) is 48.5 Å². The number of ether oxygens (including phenoxy) is 1. The van der Waals surface area contributed by atoms with Gasteiger partial charge in [-0.15, -0.1) is 0 Å². The second-order valence-corrected chi connectivity index (χ2v) is 6.95. The molecular formula is C21H26ClN3O2. The third-order valence-corrected chi connectivity index (χ3v) is 4.89. The van der Waals surface area contributed by atoms with Crippen LogP contribution in [-0.4, -0.2) is 50.3 Å². The number of carbonyl (C=O) groups is 1. The van der Waals surface area contributed by atoms with E-state index in [1.807, 2.05) is 48.2 Å². The molecule has 1 aliphatic rings. The number of halogens is 1. The summed E-state index contributed by atoms with van der Waals surface area (Å²) in [7, 11) is 0. The molecule has 2 amide bonds. The Morgan fingerprint density at radius 1 is 1.11 bits per heavy atom. The first kappa shape index (κ1) is 19.4. The van der Waals surface area contributed by atoms with Crippen LogP contribution in [0.3, 0.4) is 0 Å². The molecule has 3 rings (SSSR count). The number of urea groups is 1. The van der Waals surface area contributed by atoms with Crippen LogP contribution in [0.2, 0.25) is 5.02 Å². The average Bonchev–Trinajstić information content (AvgIpc) is 2.69. The van der Waals surface area contributed by atoms with E-state index < -0.39 is 0 Å². The largest absolute Gasteiger partial charge is 0.494 e. The van der Waals surface area contributed by atoms with E-state index >= 15 is 0 Å². The number of benzene rings is 2. The minimum atomic E-state index is 0.00312. The minimum absolute atomic E-state index is 0.00312. The monoisotopic (exact) mass is 387 g/mol. The smallest absolute Gasteiger partial charge is 0.317 e. The summed E-state index contributed by atoms with van der Waals surface area (Å²) in [4.78, 5) is 16.5. The van der Waals surface area contributed by atoms with Gasteiger partial charge >= 0.3 is 6.03 Å². The molecule has 144 valence electrons. The number of carbonyl (C=O) groups excluding carboxylic acids is 1. The van der Waals surface area contributed by atoms with Crippen molar-refractivity contribution in [1.82, 2.24) is 10.2 Å². The molecule has 0 bridgehead atoms. The molecular weight excluding hydrogens is 362 g/mol. The molecule has 0 unspecified atom stereocenters. The summed E-state index contributed by atoms with van der Waals surface area (Å²) < 4.78 is 5.49. The van der Waals surface area contributed by atoms with E-state index in [0.717, 1.165) is 48.9 Å². The zero-order valence-electron chi connectivity index (χ0n) is 15.7. The second kappa shape index (κ2) is 9.51. The van der Waals surface area contributed by atoms with Crippen molar-refractivity contribution < 1.29 is 9.53 Å². The Morgan fingerprint density at radius 2 is 1.85 bits per heavy atom. The van der Waals surface area contributed by atoms with Crippen molar-refractivity contribution in [2.75, 3.05) is 44.2 Å². The van der Waals surface area contributed by atoms with Gasteiger partial charge in [-0.25, -0.2) is 4.79 Å². The van der Waals surface area contributed by atoms with Crippen molar-refractivity contribution in [3.8, 4) is 5.75 Å². The number of nitrogens with zero attached hydrogens (tertiary/aromatic N) is 2. The number of amides is 2. The molecule has 1 saturated heterocycles. The number of anilines is 1. The molecule has 1 N–H and O–H groups in total. The second-order valence-electron chi connectivity index (χ2n) is 6.51. The quantitative estimate of drug-likeness (QED) is 0.819. The summed E-state index contributed by atoms with van der Waals surface area (Å²) in [5.41, 5.74) is 2.29. The number of rotatable bonds is 6. The molecule has 0 spiro atoms. The first-order valence-corrected chi connectivity index (χ1v) is 9.78. The van der Waals surface area contributed by atoms with Crippen LogP contribution in [0, 0.1) is 0 Å². The normalized spacial score (nSPS) is 14.1. The van der Waals surface area contributed by atoms with Gasteiger partial charge < -0.3 is 19.9 Å². The SMILES string of the molecule is CCOc1ccc(N2CCN(C(=O)NCCc3cccc(Cl)c3)CC2)cc1. The van der Waals surface area contributed by atoms with E-state index in [2.05, 4.69) is 22.3 Å². The van der Waals surface area contributed by atoms with Gasteiger partial charge in [-0.05, 0) is 55.3 Å². The summed E-state index contributed by atoms with van der Waals surface area (Å²) in [6.45, 7) is 6.35. The highest BCUT2D eigenvalue weighted by Crippen LogP contribution is 2.20. The maximum absolute atomic E-state index is 12.4. The van der Waals surface area contributed by atoms with Gasteiger partial charge in [-0.3, -0.25) is 0 Å². The van der Waals surface area contributed by atoms with E-state index in [9.17, 15) is 4.79 Å². The zero-order chi connectivity index (χ0) is 19.1. The predicted octanol–water partition coefficient (Wildman–Crippen LogP) is 3.81. The molecule has 0 aromatic heterocycles. The first-order valence-electron chi connectivity index (χ1n) is 9.40. The van der Waals surface area contributed by atoms with Crippen LogP contribution < -0.4 is 15.0 Å². The van der Waals surface area contributed by atoms with Gasteiger partial charge in [0.2, 0.25) is 0 Å². The number of hydrogen-bond donors (Lipinski definition) is 1. The van der Waals surface area contributed by atoms with Crippen molar-refractivity contribution >= 4 is 23.3 Å². The van der Waals surface area contributed by atoms with Crippen LogP contribution >= 0.6 is 11.6 Å². The molecule has 27 heavy (non-hydrogen) atoms. The molecule has 0 saturated carbocycles. The highest BCUT2D eigenvalue weighted by atomic mass is 35.5. The minimum Gasteiger partial charge on any atom is -0.494 e. The van der Waals surface area contributed by atoms with Gasteiger partial charge in [0.25, 0.3) is 0 Å². The lowest BCUT2D eigenvalue weighted by Crippen LogP contribution is -2.52. The highest BCUT2D eigenvalue weighted by molar-refractivity contribution is 6.30. The number of nitrogens with one attached hydrogen (secondary N) is 1. The third kappa shape index (κ3) is 5.54. The lowest BCUT2D eigenvalue weighted by molar-refractivity contribution is 0.194. The summed E-state index contributed by atoms with van der Waals surface area (Å²) in [5.74, 6) is 0.888. The van der Waals surface area contributed by atoms with Crippen molar-refractivity contribution in [2.45, 2.75) is 13.3 Å². The lowest BCUT2D eigenvalue weighted by atomic mass is 10.1. The summed E-state index contributed by atoms with van der Waals surface area (Å²) in [6.07, 6.45) is 0.776. The van der Waals surface area contributed by atoms with Gasteiger partial charge in [0.15, 0.2) is 0 Å². The van der Waals surface area contributed by atoms with Crippen LogP contribution in [0.1, 0.15) is 12.5 Å². The fraction of sp³-hybridized carbons (Fsp3) is 0.381. The topological polar surface area (TPSA) is 44.8 Å². The molecule has 2 aromatic carbocycles. The maximum atomic E-state index is 12.4. The average molecular weight is 388 g/mol.